The highest BCUT2D eigenvalue weighted by molar-refractivity contribution is 5.61. The van der Waals surface area contributed by atoms with E-state index in [9.17, 15) is 0 Å². The molecule has 0 aromatic heterocycles. The van der Waals surface area contributed by atoms with Crippen molar-refractivity contribution in [3.63, 3.8) is 0 Å². The first-order chi connectivity index (χ1) is 5.65. The number of nitrogens with zero attached hydrogens (tertiary/aromatic N) is 3. The summed E-state index contributed by atoms with van der Waals surface area (Å²) in [5.74, 6) is 0. The summed E-state index contributed by atoms with van der Waals surface area (Å²) in [6, 6.07) is 5.56. The molecule has 0 aliphatic heterocycles. The van der Waals surface area contributed by atoms with Crippen molar-refractivity contribution in [2.45, 2.75) is 6.92 Å². The minimum absolute atomic E-state index is 0. The molecule has 70 valence electrons. The van der Waals surface area contributed by atoms with Gasteiger partial charge in [0.15, 0.2) is 4.98 Å². The highest BCUT2D eigenvalue weighted by Gasteiger charge is 2.08. The van der Waals surface area contributed by atoms with E-state index in [0.717, 1.165) is 5.69 Å². The Hall–Kier alpha value is -1.27. The third-order valence-corrected chi connectivity index (χ3v) is 1.79. The molecular formula is C9H12ClN3. The summed E-state index contributed by atoms with van der Waals surface area (Å²) in [5.41, 5.74) is 2.84. The summed E-state index contributed by atoms with van der Waals surface area (Å²) in [4.78, 5) is 5.12. The Bertz CT molecular complexity index is 328. The molecule has 1 rings (SSSR count). The molecule has 1 aromatic carbocycles. The zero-order valence-electron chi connectivity index (χ0n) is 7.95. The summed E-state index contributed by atoms with van der Waals surface area (Å²) >= 11 is 0. The van der Waals surface area contributed by atoms with Crippen LogP contribution in [0.15, 0.2) is 18.2 Å². The van der Waals surface area contributed by atoms with E-state index in [0.29, 0.717) is 5.69 Å². The number of hydrogen-bond donors (Lipinski definition) is 0. The van der Waals surface area contributed by atoms with Crippen LogP contribution in [0.2, 0.25) is 0 Å². The second kappa shape index (κ2) is 4.68. The lowest BCUT2D eigenvalue weighted by atomic mass is 10.2. The van der Waals surface area contributed by atoms with Gasteiger partial charge in [-0.1, -0.05) is 0 Å². The average Bonchev–Trinajstić information content (AvgIpc) is 2.05. The summed E-state index contributed by atoms with van der Waals surface area (Å²) in [5, 5.41) is 8.54. The molecule has 0 saturated carbocycles. The van der Waals surface area contributed by atoms with Crippen molar-refractivity contribution in [3.8, 4) is 0 Å². The Morgan fingerprint density at radius 3 is 2.38 bits per heavy atom. The Labute approximate surface area is 84.4 Å². The van der Waals surface area contributed by atoms with Crippen molar-refractivity contribution in [2.24, 2.45) is 0 Å². The highest BCUT2D eigenvalue weighted by Crippen LogP contribution is 2.23. The fraction of sp³-hybridized carbons (Fsp3) is 0.333. The van der Waals surface area contributed by atoms with E-state index in [2.05, 4.69) is 4.98 Å². The van der Waals surface area contributed by atoms with Crippen molar-refractivity contribution >= 4 is 11.4 Å². The molecular weight excluding hydrogens is 186 g/mol. The summed E-state index contributed by atoms with van der Waals surface area (Å²) < 4.78 is 0. The minimum Gasteiger partial charge on any atom is -1.00 e. The van der Waals surface area contributed by atoms with Gasteiger partial charge in [-0.3, -0.25) is 0 Å². The van der Waals surface area contributed by atoms with Gasteiger partial charge in [0.1, 0.15) is 0 Å². The topological polar surface area (TPSA) is 31.4 Å². The van der Waals surface area contributed by atoms with E-state index in [1.807, 2.05) is 38.1 Å². The number of diazo groups is 1. The van der Waals surface area contributed by atoms with Gasteiger partial charge in [-0.05, 0) is 18.6 Å². The van der Waals surface area contributed by atoms with Crippen LogP contribution in [0.4, 0.5) is 11.4 Å². The number of aryl methyl sites for hydroxylation is 1. The number of anilines is 1. The molecule has 0 atom stereocenters. The second-order valence-electron chi connectivity index (χ2n) is 2.97. The molecule has 0 N–H and O–H groups in total. The van der Waals surface area contributed by atoms with Gasteiger partial charge in [-0.15, -0.1) is 0 Å². The van der Waals surface area contributed by atoms with Gasteiger partial charge < -0.3 is 17.3 Å². The molecule has 0 amide bonds. The van der Waals surface area contributed by atoms with Crippen LogP contribution in [-0.2, 0) is 0 Å². The quantitative estimate of drug-likeness (QED) is 0.572. The molecule has 4 heteroatoms. The first kappa shape index (κ1) is 11.7. The number of rotatable bonds is 1. The number of hydrogen-bond acceptors (Lipinski definition) is 2. The van der Waals surface area contributed by atoms with Crippen LogP contribution < -0.4 is 17.3 Å². The maximum absolute atomic E-state index is 8.54. The van der Waals surface area contributed by atoms with Crippen LogP contribution in [0.1, 0.15) is 5.56 Å². The normalized spacial score (nSPS) is 8.46. The maximum Gasteiger partial charge on any atom is 0.387 e. The Balaban J connectivity index is 0.00000144. The zero-order valence-corrected chi connectivity index (χ0v) is 8.71. The van der Waals surface area contributed by atoms with Gasteiger partial charge in [0.05, 0.1) is 6.07 Å². The van der Waals surface area contributed by atoms with Crippen molar-refractivity contribution in [1.29, 1.82) is 5.39 Å². The first-order valence-electron chi connectivity index (χ1n) is 3.78. The van der Waals surface area contributed by atoms with Crippen LogP contribution in [-0.4, -0.2) is 14.1 Å². The van der Waals surface area contributed by atoms with Gasteiger partial charge in [0.25, 0.3) is 0 Å². The SMILES string of the molecule is Cc1ccc([N+]#N)cc1N(C)C.[Cl-]. The predicted molar refractivity (Wildman–Crippen MR) is 50.3 cm³/mol. The van der Waals surface area contributed by atoms with Gasteiger partial charge >= 0.3 is 5.69 Å². The van der Waals surface area contributed by atoms with Gasteiger partial charge in [-0.2, -0.15) is 0 Å². The van der Waals surface area contributed by atoms with Gasteiger partial charge in [0.2, 0.25) is 5.39 Å². The fourth-order valence-electron chi connectivity index (χ4n) is 1.14. The molecule has 0 aliphatic carbocycles. The third-order valence-electron chi connectivity index (χ3n) is 1.79. The van der Waals surface area contributed by atoms with Crippen molar-refractivity contribution in [3.05, 3.63) is 28.7 Å². The summed E-state index contributed by atoms with van der Waals surface area (Å²) in [6.45, 7) is 2.02. The van der Waals surface area contributed by atoms with Crippen molar-refractivity contribution < 1.29 is 12.4 Å². The Kier molecular flexibility index (Phi) is 4.22. The molecule has 13 heavy (non-hydrogen) atoms. The smallest absolute Gasteiger partial charge is 0.387 e. The molecule has 3 nitrogen and oxygen atoms in total. The molecule has 0 radical (unpaired) electrons. The van der Waals surface area contributed by atoms with E-state index >= 15 is 0 Å². The third kappa shape index (κ3) is 2.60. The van der Waals surface area contributed by atoms with Crippen molar-refractivity contribution in [2.75, 3.05) is 19.0 Å². The van der Waals surface area contributed by atoms with Crippen LogP contribution in [0, 0.1) is 12.3 Å². The monoisotopic (exact) mass is 197 g/mol. The average molecular weight is 198 g/mol. The predicted octanol–water partition coefficient (Wildman–Crippen LogP) is -0.450. The zero-order chi connectivity index (χ0) is 9.14. The van der Waals surface area contributed by atoms with Crippen LogP contribution in [0.5, 0.6) is 0 Å². The van der Waals surface area contributed by atoms with Crippen LogP contribution >= 0.6 is 0 Å². The summed E-state index contributed by atoms with van der Waals surface area (Å²) in [7, 11) is 3.92. The molecule has 0 aliphatic rings. The van der Waals surface area contributed by atoms with E-state index in [4.69, 9.17) is 5.39 Å². The molecule has 0 heterocycles. The Morgan fingerprint density at radius 2 is 1.92 bits per heavy atom. The number of halogens is 1. The molecule has 0 bridgehead atoms. The van der Waals surface area contributed by atoms with E-state index in [1.165, 1.54) is 5.56 Å². The second-order valence-corrected chi connectivity index (χ2v) is 2.97. The lowest BCUT2D eigenvalue weighted by Gasteiger charge is -2.13. The van der Waals surface area contributed by atoms with Gasteiger partial charge in [-0.25, -0.2) is 0 Å². The fourth-order valence-corrected chi connectivity index (χ4v) is 1.14. The number of benzene rings is 1. The van der Waals surface area contributed by atoms with E-state index < -0.39 is 0 Å². The Morgan fingerprint density at radius 1 is 1.31 bits per heavy atom. The molecule has 1 aromatic rings. The minimum atomic E-state index is 0. The molecule has 0 spiro atoms. The van der Waals surface area contributed by atoms with Gasteiger partial charge in [0, 0.05) is 25.8 Å². The van der Waals surface area contributed by atoms with Crippen LogP contribution in [0.3, 0.4) is 0 Å². The standard InChI is InChI=1S/C9H12N3.ClH/c1-7-4-5-8(11-10)6-9(7)12(2)3;/h4-6H,1-3H3;1H/q+1;/p-1. The lowest BCUT2D eigenvalue weighted by Crippen LogP contribution is -3.00. The largest absolute Gasteiger partial charge is 1.00 e. The molecule has 0 saturated heterocycles. The maximum atomic E-state index is 8.54. The highest BCUT2D eigenvalue weighted by atomic mass is 35.5. The van der Waals surface area contributed by atoms with Crippen molar-refractivity contribution in [1.82, 2.24) is 0 Å². The lowest BCUT2D eigenvalue weighted by molar-refractivity contribution is -0.00000284. The summed E-state index contributed by atoms with van der Waals surface area (Å²) in [6.07, 6.45) is 0. The molecule has 0 fully saturated rings. The molecule has 0 unspecified atom stereocenters. The van der Waals surface area contributed by atoms with Crippen LogP contribution in [0.25, 0.3) is 4.98 Å². The van der Waals surface area contributed by atoms with E-state index in [1.54, 1.807) is 6.07 Å². The first-order valence-corrected chi connectivity index (χ1v) is 3.78. The van der Waals surface area contributed by atoms with E-state index in [-0.39, 0.29) is 12.4 Å².